The molecule has 0 saturated heterocycles. The van der Waals surface area contributed by atoms with Crippen molar-refractivity contribution in [1.29, 1.82) is 0 Å². The predicted octanol–water partition coefficient (Wildman–Crippen LogP) is 4.43. The summed E-state index contributed by atoms with van der Waals surface area (Å²) in [5.74, 6) is 2.05. The molecule has 0 radical (unpaired) electrons. The van der Waals surface area contributed by atoms with Gasteiger partial charge in [-0.25, -0.2) is 0 Å². The summed E-state index contributed by atoms with van der Waals surface area (Å²) < 4.78 is 11.3. The fourth-order valence-electron chi connectivity index (χ4n) is 2.94. The minimum absolute atomic E-state index is 0.205. The third-order valence-corrected chi connectivity index (χ3v) is 4.26. The molecule has 4 rings (SSSR count). The molecule has 1 saturated carbocycles. The van der Waals surface area contributed by atoms with Crippen molar-refractivity contribution >= 4 is 0 Å². The minimum Gasteiger partial charge on any atom is -0.508 e. The summed E-state index contributed by atoms with van der Waals surface area (Å²) >= 11 is 0. The molecular weight excluding hydrogens is 304 g/mol. The van der Waals surface area contributed by atoms with E-state index in [0.717, 1.165) is 29.7 Å². The molecule has 0 unspecified atom stereocenters. The fourth-order valence-corrected chi connectivity index (χ4v) is 2.94. The molecule has 2 aromatic carbocycles. The second-order valence-corrected chi connectivity index (χ2v) is 6.02. The highest BCUT2D eigenvalue weighted by Gasteiger charge is 2.16. The lowest BCUT2D eigenvalue weighted by molar-refractivity contribution is 0.210. The number of aromatic nitrogens is 2. The molecule has 0 aliphatic heterocycles. The van der Waals surface area contributed by atoms with Gasteiger partial charge in [-0.05, 0) is 74.2 Å². The quantitative estimate of drug-likeness (QED) is 0.769. The molecule has 5 heteroatoms. The van der Waals surface area contributed by atoms with Crippen LogP contribution in [0.25, 0.3) is 22.8 Å². The Labute approximate surface area is 139 Å². The topological polar surface area (TPSA) is 68.4 Å². The Kier molecular flexibility index (Phi) is 3.91. The van der Waals surface area contributed by atoms with Gasteiger partial charge in [0.25, 0.3) is 5.89 Å². The van der Waals surface area contributed by atoms with Crippen LogP contribution in [0, 0.1) is 0 Å². The van der Waals surface area contributed by atoms with E-state index in [9.17, 15) is 5.11 Å². The van der Waals surface area contributed by atoms with Crippen LogP contribution in [0.4, 0.5) is 0 Å². The summed E-state index contributed by atoms with van der Waals surface area (Å²) in [5, 5.41) is 13.4. The minimum atomic E-state index is 0.205. The van der Waals surface area contributed by atoms with Crippen molar-refractivity contribution in [2.24, 2.45) is 0 Å². The molecule has 0 atom stereocenters. The number of nitrogens with zero attached hydrogens (tertiary/aromatic N) is 2. The van der Waals surface area contributed by atoms with Gasteiger partial charge in [-0.2, -0.15) is 4.98 Å². The molecule has 5 nitrogen and oxygen atoms in total. The van der Waals surface area contributed by atoms with Crippen LogP contribution in [0.3, 0.4) is 0 Å². The van der Waals surface area contributed by atoms with E-state index in [0.29, 0.717) is 17.8 Å². The van der Waals surface area contributed by atoms with Gasteiger partial charge in [0.05, 0.1) is 6.10 Å². The summed E-state index contributed by atoms with van der Waals surface area (Å²) in [6.45, 7) is 0. The Bertz CT molecular complexity index is 803. The largest absolute Gasteiger partial charge is 0.508 e. The van der Waals surface area contributed by atoms with Gasteiger partial charge in [-0.3, -0.25) is 0 Å². The van der Waals surface area contributed by atoms with Gasteiger partial charge >= 0.3 is 0 Å². The lowest BCUT2D eigenvalue weighted by Gasteiger charge is -2.12. The van der Waals surface area contributed by atoms with E-state index in [1.807, 2.05) is 24.3 Å². The van der Waals surface area contributed by atoms with Crippen LogP contribution in [0.15, 0.2) is 53.1 Å². The molecule has 3 aromatic rings. The number of rotatable bonds is 4. The molecule has 122 valence electrons. The number of benzene rings is 2. The van der Waals surface area contributed by atoms with Crippen LogP contribution in [-0.4, -0.2) is 21.4 Å². The first-order valence-corrected chi connectivity index (χ1v) is 8.18. The SMILES string of the molecule is Oc1ccc(-c2nc(-c3ccc(OC4CCCC4)cc3)no2)cc1. The Balaban J connectivity index is 1.50. The first-order chi connectivity index (χ1) is 11.8. The average Bonchev–Trinajstić information content (AvgIpc) is 3.28. The van der Waals surface area contributed by atoms with E-state index in [-0.39, 0.29) is 5.75 Å². The van der Waals surface area contributed by atoms with Crippen molar-refractivity contribution in [2.45, 2.75) is 31.8 Å². The highest BCUT2D eigenvalue weighted by Crippen LogP contribution is 2.27. The van der Waals surface area contributed by atoms with Gasteiger partial charge in [0, 0.05) is 11.1 Å². The Morgan fingerprint density at radius 2 is 1.58 bits per heavy atom. The number of phenols is 1. The Morgan fingerprint density at radius 1 is 0.917 bits per heavy atom. The van der Waals surface area contributed by atoms with E-state index >= 15 is 0 Å². The molecule has 1 fully saturated rings. The fraction of sp³-hybridized carbons (Fsp3) is 0.263. The van der Waals surface area contributed by atoms with Crippen molar-refractivity contribution in [3.05, 3.63) is 48.5 Å². The maximum Gasteiger partial charge on any atom is 0.258 e. The number of phenolic OH excluding ortho intramolecular Hbond substituents is 1. The van der Waals surface area contributed by atoms with Crippen LogP contribution in [0.1, 0.15) is 25.7 Å². The van der Waals surface area contributed by atoms with Crippen LogP contribution in [-0.2, 0) is 0 Å². The zero-order chi connectivity index (χ0) is 16.4. The molecule has 1 aliphatic rings. The molecule has 1 N–H and O–H groups in total. The standard InChI is InChI=1S/C19H18N2O3/c22-15-9-5-14(6-10-15)19-20-18(21-24-19)13-7-11-17(12-8-13)23-16-3-1-2-4-16/h5-12,16,22H,1-4H2. The Morgan fingerprint density at radius 3 is 2.29 bits per heavy atom. The molecule has 0 spiro atoms. The second-order valence-electron chi connectivity index (χ2n) is 6.02. The van der Waals surface area contributed by atoms with Crippen LogP contribution in [0.2, 0.25) is 0 Å². The van der Waals surface area contributed by atoms with Gasteiger partial charge in [-0.15, -0.1) is 0 Å². The third kappa shape index (κ3) is 3.11. The van der Waals surface area contributed by atoms with E-state index in [1.165, 1.54) is 12.8 Å². The van der Waals surface area contributed by atoms with Crippen molar-refractivity contribution in [3.8, 4) is 34.3 Å². The van der Waals surface area contributed by atoms with Crippen molar-refractivity contribution in [3.63, 3.8) is 0 Å². The zero-order valence-corrected chi connectivity index (χ0v) is 13.2. The average molecular weight is 322 g/mol. The molecule has 24 heavy (non-hydrogen) atoms. The van der Waals surface area contributed by atoms with E-state index in [1.54, 1.807) is 24.3 Å². The van der Waals surface area contributed by atoms with E-state index < -0.39 is 0 Å². The van der Waals surface area contributed by atoms with E-state index in [4.69, 9.17) is 9.26 Å². The van der Waals surface area contributed by atoms with E-state index in [2.05, 4.69) is 10.1 Å². The maximum atomic E-state index is 9.34. The lowest BCUT2D eigenvalue weighted by atomic mass is 10.2. The smallest absolute Gasteiger partial charge is 0.258 e. The third-order valence-electron chi connectivity index (χ3n) is 4.26. The number of hydrogen-bond donors (Lipinski definition) is 1. The van der Waals surface area contributed by atoms with Gasteiger partial charge < -0.3 is 14.4 Å². The highest BCUT2D eigenvalue weighted by atomic mass is 16.5. The summed E-state index contributed by atoms with van der Waals surface area (Å²) in [4.78, 5) is 4.41. The van der Waals surface area contributed by atoms with Crippen LogP contribution in [0.5, 0.6) is 11.5 Å². The van der Waals surface area contributed by atoms with Crippen molar-refractivity contribution in [1.82, 2.24) is 10.1 Å². The maximum absolute atomic E-state index is 9.34. The summed E-state index contributed by atoms with van der Waals surface area (Å²) in [6.07, 6.45) is 5.14. The molecule has 0 bridgehead atoms. The molecular formula is C19H18N2O3. The summed E-state index contributed by atoms with van der Waals surface area (Å²) in [7, 11) is 0. The monoisotopic (exact) mass is 322 g/mol. The number of hydrogen-bond acceptors (Lipinski definition) is 5. The Hall–Kier alpha value is -2.82. The van der Waals surface area contributed by atoms with Crippen LogP contribution < -0.4 is 4.74 Å². The van der Waals surface area contributed by atoms with Gasteiger partial charge in [-0.1, -0.05) is 5.16 Å². The van der Waals surface area contributed by atoms with Crippen LogP contribution >= 0.6 is 0 Å². The normalized spacial score (nSPS) is 14.8. The summed E-state index contributed by atoms with van der Waals surface area (Å²) in [5.41, 5.74) is 1.65. The van der Waals surface area contributed by atoms with Gasteiger partial charge in [0.2, 0.25) is 5.82 Å². The molecule has 1 aliphatic carbocycles. The lowest BCUT2D eigenvalue weighted by Crippen LogP contribution is -2.10. The molecule has 1 aromatic heterocycles. The predicted molar refractivity (Wildman–Crippen MR) is 89.7 cm³/mol. The first-order valence-electron chi connectivity index (χ1n) is 8.18. The highest BCUT2D eigenvalue weighted by molar-refractivity contribution is 5.60. The molecule has 1 heterocycles. The first kappa shape index (κ1) is 14.8. The van der Waals surface area contributed by atoms with Crippen molar-refractivity contribution < 1.29 is 14.4 Å². The number of aromatic hydroxyl groups is 1. The second kappa shape index (κ2) is 6.35. The van der Waals surface area contributed by atoms with Gasteiger partial charge in [0.15, 0.2) is 0 Å². The summed E-state index contributed by atoms with van der Waals surface area (Å²) in [6, 6.07) is 14.4. The van der Waals surface area contributed by atoms with Crippen molar-refractivity contribution in [2.75, 3.05) is 0 Å². The van der Waals surface area contributed by atoms with Gasteiger partial charge in [0.1, 0.15) is 11.5 Å². The number of ether oxygens (including phenoxy) is 1. The molecule has 0 amide bonds. The zero-order valence-electron chi connectivity index (χ0n) is 13.2.